The lowest BCUT2D eigenvalue weighted by Crippen LogP contribution is -2.24. The SMILES string of the molecule is CN(C)C(=O)c1cc(-c2cnc3c(c2)c(Cc2cccc(Cl)c2)nn3COC(=O)C(C)(C)C)ccc1N. The number of carbonyl (C=O) groups is 2. The van der Waals surface area contributed by atoms with Gasteiger partial charge in [0.25, 0.3) is 5.91 Å². The predicted molar refractivity (Wildman–Crippen MR) is 145 cm³/mol. The molecule has 0 aliphatic rings. The minimum atomic E-state index is -0.635. The topological polar surface area (TPSA) is 103 Å². The molecule has 0 saturated carbocycles. The van der Waals surface area contributed by atoms with Crippen molar-refractivity contribution in [2.45, 2.75) is 33.9 Å². The number of anilines is 1. The Balaban J connectivity index is 1.78. The molecule has 0 spiro atoms. The summed E-state index contributed by atoms with van der Waals surface area (Å²) in [7, 11) is 3.37. The number of halogens is 1. The van der Waals surface area contributed by atoms with Gasteiger partial charge in [0.2, 0.25) is 0 Å². The fourth-order valence-corrected chi connectivity index (χ4v) is 4.05. The van der Waals surface area contributed by atoms with Gasteiger partial charge in [-0.25, -0.2) is 9.67 Å². The number of esters is 1. The van der Waals surface area contributed by atoms with Crippen LogP contribution in [0.5, 0.6) is 0 Å². The molecule has 2 aromatic carbocycles. The van der Waals surface area contributed by atoms with E-state index in [-0.39, 0.29) is 18.6 Å². The molecule has 0 aliphatic carbocycles. The highest BCUT2D eigenvalue weighted by Crippen LogP contribution is 2.29. The Morgan fingerprint density at radius 3 is 2.51 bits per heavy atom. The molecule has 2 aromatic heterocycles. The lowest BCUT2D eigenvalue weighted by Gasteiger charge is -2.16. The third-order valence-electron chi connectivity index (χ3n) is 5.88. The number of amides is 1. The molecule has 2 N–H and O–H groups in total. The van der Waals surface area contributed by atoms with E-state index in [0.29, 0.717) is 28.3 Å². The molecule has 0 unspecified atom stereocenters. The summed E-state index contributed by atoms with van der Waals surface area (Å²) >= 11 is 6.21. The lowest BCUT2D eigenvalue weighted by atomic mass is 9.98. The van der Waals surface area contributed by atoms with Gasteiger partial charge in [-0.15, -0.1) is 0 Å². The van der Waals surface area contributed by atoms with Gasteiger partial charge in [0.1, 0.15) is 0 Å². The van der Waals surface area contributed by atoms with Crippen molar-refractivity contribution in [1.29, 1.82) is 0 Å². The molecule has 4 aromatic rings. The Labute approximate surface area is 221 Å². The molecule has 0 radical (unpaired) electrons. The summed E-state index contributed by atoms with van der Waals surface area (Å²) in [6.45, 7) is 5.34. The second-order valence-corrected chi connectivity index (χ2v) is 10.6. The second kappa shape index (κ2) is 10.2. The first-order chi connectivity index (χ1) is 17.4. The maximum Gasteiger partial charge on any atom is 0.313 e. The summed E-state index contributed by atoms with van der Waals surface area (Å²) in [5.74, 6) is -0.507. The third-order valence-corrected chi connectivity index (χ3v) is 6.11. The average molecular weight is 520 g/mol. The molecule has 0 saturated heterocycles. The van der Waals surface area contributed by atoms with Gasteiger partial charge >= 0.3 is 5.97 Å². The average Bonchev–Trinajstić information content (AvgIpc) is 3.18. The van der Waals surface area contributed by atoms with Gasteiger partial charge in [-0.05, 0) is 62.2 Å². The van der Waals surface area contributed by atoms with Gasteiger partial charge in [-0.1, -0.05) is 29.8 Å². The van der Waals surface area contributed by atoms with Crippen molar-refractivity contribution in [3.05, 3.63) is 76.6 Å². The number of nitrogen functional groups attached to an aromatic ring is 1. The number of nitrogens with two attached hydrogens (primary N) is 1. The first-order valence-electron chi connectivity index (χ1n) is 11.8. The monoisotopic (exact) mass is 519 g/mol. The van der Waals surface area contributed by atoms with E-state index in [4.69, 9.17) is 27.2 Å². The van der Waals surface area contributed by atoms with Crippen molar-refractivity contribution < 1.29 is 14.3 Å². The zero-order valence-corrected chi connectivity index (χ0v) is 22.3. The molecule has 9 heteroatoms. The highest BCUT2D eigenvalue weighted by Gasteiger charge is 2.24. The standard InChI is InChI=1S/C28H30ClN5O3/c1-28(2,3)27(36)37-16-34-25-22(24(32-34)12-17-7-6-8-20(29)11-17)14-19(15-31-25)18-9-10-23(30)21(13-18)26(35)33(4)5/h6-11,13-15H,12,16,30H2,1-5H3. The van der Waals surface area contributed by atoms with Crippen molar-refractivity contribution >= 4 is 40.2 Å². The van der Waals surface area contributed by atoms with Gasteiger partial charge < -0.3 is 15.4 Å². The van der Waals surface area contributed by atoms with Gasteiger partial charge in [-0.2, -0.15) is 5.10 Å². The molecule has 0 fully saturated rings. The minimum absolute atomic E-state index is 0.0577. The molecular weight excluding hydrogens is 490 g/mol. The van der Waals surface area contributed by atoms with E-state index in [1.165, 1.54) is 4.90 Å². The fourth-order valence-electron chi connectivity index (χ4n) is 3.84. The van der Waals surface area contributed by atoms with Crippen LogP contribution in [-0.2, 0) is 22.7 Å². The number of nitrogens with zero attached hydrogens (tertiary/aromatic N) is 4. The number of fused-ring (bicyclic) bond motifs is 1. The molecule has 0 bridgehead atoms. The second-order valence-electron chi connectivity index (χ2n) is 10.2. The van der Waals surface area contributed by atoms with Crippen LogP contribution in [-0.4, -0.2) is 45.6 Å². The zero-order chi connectivity index (χ0) is 26.9. The summed E-state index contributed by atoms with van der Waals surface area (Å²) in [6.07, 6.45) is 2.22. The number of benzene rings is 2. The summed E-state index contributed by atoms with van der Waals surface area (Å²) in [4.78, 5) is 31.1. The lowest BCUT2D eigenvalue weighted by molar-refractivity contribution is -0.157. The number of carbonyl (C=O) groups excluding carboxylic acids is 2. The number of pyridine rings is 1. The quantitative estimate of drug-likeness (QED) is 0.278. The molecule has 37 heavy (non-hydrogen) atoms. The Morgan fingerprint density at radius 1 is 1.08 bits per heavy atom. The van der Waals surface area contributed by atoms with Crippen LogP contribution in [0.4, 0.5) is 5.69 Å². The van der Waals surface area contributed by atoms with Crippen molar-refractivity contribution in [2.24, 2.45) is 5.41 Å². The fraction of sp³-hybridized carbons (Fsp3) is 0.286. The van der Waals surface area contributed by atoms with Crippen molar-refractivity contribution in [1.82, 2.24) is 19.7 Å². The van der Waals surface area contributed by atoms with Crippen LogP contribution in [0.1, 0.15) is 42.4 Å². The van der Waals surface area contributed by atoms with Crippen LogP contribution in [0.3, 0.4) is 0 Å². The summed E-state index contributed by atoms with van der Waals surface area (Å²) in [5.41, 5.74) is 10.2. The summed E-state index contributed by atoms with van der Waals surface area (Å²) in [6, 6.07) is 14.9. The van der Waals surface area contributed by atoms with Crippen molar-refractivity contribution in [2.75, 3.05) is 19.8 Å². The largest absolute Gasteiger partial charge is 0.442 e. The number of rotatable bonds is 6. The number of hydrogen-bond acceptors (Lipinski definition) is 6. The van der Waals surface area contributed by atoms with E-state index in [1.807, 2.05) is 36.4 Å². The highest BCUT2D eigenvalue weighted by atomic mass is 35.5. The van der Waals surface area contributed by atoms with E-state index >= 15 is 0 Å². The van der Waals surface area contributed by atoms with Crippen LogP contribution in [0.2, 0.25) is 5.02 Å². The van der Waals surface area contributed by atoms with Gasteiger partial charge in [0, 0.05) is 48.4 Å². The number of hydrogen-bond donors (Lipinski definition) is 1. The van der Waals surface area contributed by atoms with E-state index in [2.05, 4.69) is 4.98 Å². The van der Waals surface area contributed by atoms with Crippen LogP contribution in [0.15, 0.2) is 54.7 Å². The molecule has 8 nitrogen and oxygen atoms in total. The van der Waals surface area contributed by atoms with Crippen LogP contribution in [0, 0.1) is 5.41 Å². The molecule has 0 atom stereocenters. The van der Waals surface area contributed by atoms with Crippen LogP contribution in [0.25, 0.3) is 22.2 Å². The predicted octanol–water partition coefficient (Wildman–Crippen LogP) is 5.17. The highest BCUT2D eigenvalue weighted by molar-refractivity contribution is 6.30. The molecule has 1 amide bonds. The Hall–Kier alpha value is -3.91. The maximum atomic E-state index is 12.6. The van der Waals surface area contributed by atoms with Gasteiger partial charge in [0.15, 0.2) is 12.4 Å². The smallest absolute Gasteiger partial charge is 0.313 e. The van der Waals surface area contributed by atoms with E-state index < -0.39 is 5.41 Å². The minimum Gasteiger partial charge on any atom is -0.442 e. The Bertz CT molecular complexity index is 1490. The van der Waals surface area contributed by atoms with Gasteiger partial charge in [0.05, 0.1) is 16.7 Å². The summed E-state index contributed by atoms with van der Waals surface area (Å²) < 4.78 is 7.11. The first-order valence-corrected chi connectivity index (χ1v) is 12.2. The molecular formula is C28H30ClN5O3. The first kappa shape index (κ1) is 26.2. The van der Waals surface area contributed by atoms with Crippen molar-refractivity contribution in [3.8, 4) is 11.1 Å². The Kier molecular flexibility index (Phi) is 7.23. The Morgan fingerprint density at radius 2 is 1.84 bits per heavy atom. The van der Waals surface area contributed by atoms with Gasteiger partial charge in [-0.3, -0.25) is 9.59 Å². The normalized spacial score (nSPS) is 11.5. The number of aromatic nitrogens is 3. The third kappa shape index (κ3) is 5.75. The number of ether oxygens (including phenoxy) is 1. The van der Waals surface area contributed by atoms with E-state index in [1.54, 1.807) is 57.9 Å². The zero-order valence-electron chi connectivity index (χ0n) is 21.6. The molecule has 0 aliphatic heterocycles. The van der Waals surface area contributed by atoms with Crippen LogP contribution >= 0.6 is 11.6 Å². The van der Waals surface area contributed by atoms with Crippen molar-refractivity contribution in [3.63, 3.8) is 0 Å². The molecule has 2 heterocycles. The van der Waals surface area contributed by atoms with E-state index in [9.17, 15) is 9.59 Å². The van der Waals surface area contributed by atoms with E-state index in [0.717, 1.165) is 27.8 Å². The molecule has 4 rings (SSSR count). The maximum absolute atomic E-state index is 12.6. The van der Waals surface area contributed by atoms with Crippen LogP contribution < -0.4 is 5.73 Å². The summed E-state index contributed by atoms with van der Waals surface area (Å²) in [5, 5.41) is 6.18. The molecule has 192 valence electrons.